The number of thiocarbonyl (C=S) groups is 1. The Kier molecular flexibility index (Phi) is 4.00. The van der Waals surface area contributed by atoms with Crippen LogP contribution >= 0.6 is 12.2 Å². The van der Waals surface area contributed by atoms with Gasteiger partial charge in [-0.3, -0.25) is 0 Å². The van der Waals surface area contributed by atoms with Crippen molar-refractivity contribution >= 4 is 17.4 Å². The molecule has 0 saturated heterocycles. The summed E-state index contributed by atoms with van der Waals surface area (Å²) in [5.74, 6) is 4.74. The van der Waals surface area contributed by atoms with Crippen molar-refractivity contribution in [2.24, 2.45) is 5.90 Å². The lowest BCUT2D eigenvalue weighted by Crippen LogP contribution is -2.24. The molecule has 3 nitrogen and oxygen atoms in total. The Balaban J connectivity index is 3.60. The summed E-state index contributed by atoms with van der Waals surface area (Å²) in [6, 6.07) is 0. The summed E-state index contributed by atoms with van der Waals surface area (Å²) in [4.78, 5) is 4.20. The molecule has 0 spiro atoms. The van der Waals surface area contributed by atoms with Gasteiger partial charge in [0, 0.05) is 5.70 Å². The smallest absolute Gasteiger partial charge is 0.282 e. The molecule has 0 unspecified atom stereocenters. The van der Waals surface area contributed by atoms with Crippen LogP contribution in [0.5, 0.6) is 0 Å². The molecule has 0 aliphatic heterocycles. The van der Waals surface area contributed by atoms with Crippen molar-refractivity contribution in [1.82, 2.24) is 5.32 Å². The zero-order valence-corrected chi connectivity index (χ0v) is 6.29. The van der Waals surface area contributed by atoms with Gasteiger partial charge in [0.1, 0.15) is 0 Å². The first kappa shape index (κ1) is 8.39. The third kappa shape index (κ3) is 3.93. The summed E-state index contributed by atoms with van der Waals surface area (Å²) in [7, 11) is 0. The van der Waals surface area contributed by atoms with Gasteiger partial charge in [-0.15, -0.1) is 0 Å². The topological polar surface area (TPSA) is 47.3 Å². The van der Waals surface area contributed by atoms with Gasteiger partial charge in [-0.05, 0) is 26.1 Å². The molecule has 3 N–H and O–H groups in total. The van der Waals surface area contributed by atoms with Gasteiger partial charge in [0.2, 0.25) is 0 Å². The molecule has 4 heteroatoms. The van der Waals surface area contributed by atoms with Gasteiger partial charge in [-0.1, -0.05) is 6.08 Å². The van der Waals surface area contributed by atoms with E-state index >= 15 is 0 Å². The highest BCUT2D eigenvalue weighted by Crippen LogP contribution is 1.84. The van der Waals surface area contributed by atoms with E-state index < -0.39 is 0 Å². The Bertz CT molecular complexity index is 133. The average molecular weight is 146 g/mol. The largest absolute Gasteiger partial charge is 0.381 e. The van der Waals surface area contributed by atoms with Gasteiger partial charge in [0.05, 0.1) is 0 Å². The molecule has 0 bridgehead atoms. The Labute approximate surface area is 59.8 Å². The average Bonchev–Trinajstić information content (AvgIpc) is 1.87. The van der Waals surface area contributed by atoms with Crippen LogP contribution in [-0.4, -0.2) is 5.17 Å². The van der Waals surface area contributed by atoms with Crippen molar-refractivity contribution in [3.05, 3.63) is 11.8 Å². The molecule has 0 aromatic heterocycles. The van der Waals surface area contributed by atoms with Gasteiger partial charge < -0.3 is 10.2 Å². The van der Waals surface area contributed by atoms with Crippen LogP contribution in [-0.2, 0) is 4.84 Å². The van der Waals surface area contributed by atoms with Crippen molar-refractivity contribution in [2.45, 2.75) is 13.8 Å². The molecule has 0 heterocycles. The lowest BCUT2D eigenvalue weighted by molar-refractivity contribution is 0.317. The fraction of sp³-hybridized carbons (Fsp3) is 0.400. The van der Waals surface area contributed by atoms with Gasteiger partial charge in [-0.25, -0.2) is 0 Å². The summed E-state index contributed by atoms with van der Waals surface area (Å²) < 4.78 is 0. The van der Waals surface area contributed by atoms with E-state index in [9.17, 15) is 0 Å². The van der Waals surface area contributed by atoms with Crippen molar-refractivity contribution in [3.8, 4) is 0 Å². The first-order valence-electron chi connectivity index (χ1n) is 2.51. The van der Waals surface area contributed by atoms with E-state index in [0.29, 0.717) is 0 Å². The van der Waals surface area contributed by atoms with E-state index in [1.54, 1.807) is 0 Å². The molecule has 0 aliphatic carbocycles. The van der Waals surface area contributed by atoms with Gasteiger partial charge in [0.25, 0.3) is 5.17 Å². The van der Waals surface area contributed by atoms with Gasteiger partial charge >= 0.3 is 0 Å². The van der Waals surface area contributed by atoms with E-state index in [4.69, 9.17) is 5.90 Å². The number of hydrogen-bond donors (Lipinski definition) is 2. The van der Waals surface area contributed by atoms with Crippen LogP contribution in [0, 0.1) is 0 Å². The fourth-order valence-electron chi connectivity index (χ4n) is 0.263. The number of nitrogens with one attached hydrogen (secondary N) is 1. The Hall–Kier alpha value is -0.610. The van der Waals surface area contributed by atoms with Crippen molar-refractivity contribution < 1.29 is 4.84 Å². The summed E-state index contributed by atoms with van der Waals surface area (Å²) in [5.41, 5.74) is 0.922. The van der Waals surface area contributed by atoms with Crippen LogP contribution in [0.15, 0.2) is 11.8 Å². The molecule has 0 atom stereocenters. The molecule has 0 aromatic carbocycles. The lowest BCUT2D eigenvalue weighted by Gasteiger charge is -2.02. The van der Waals surface area contributed by atoms with E-state index in [2.05, 4.69) is 22.4 Å². The second-order valence-electron chi connectivity index (χ2n) is 1.50. The van der Waals surface area contributed by atoms with Crippen LogP contribution in [0.3, 0.4) is 0 Å². The maximum Gasteiger partial charge on any atom is 0.282 e. The molecule has 0 rings (SSSR count). The fourth-order valence-corrected chi connectivity index (χ4v) is 0.424. The van der Waals surface area contributed by atoms with Gasteiger partial charge in [0.15, 0.2) is 0 Å². The monoisotopic (exact) mass is 146 g/mol. The first-order chi connectivity index (χ1) is 4.20. The third-order valence-electron chi connectivity index (χ3n) is 0.839. The number of hydrogen-bond acceptors (Lipinski definition) is 3. The van der Waals surface area contributed by atoms with Crippen molar-refractivity contribution in [1.29, 1.82) is 0 Å². The lowest BCUT2D eigenvalue weighted by atomic mass is 10.5. The summed E-state index contributed by atoms with van der Waals surface area (Å²) in [5, 5.41) is 2.91. The molecule has 0 amide bonds. The molecule has 0 aliphatic rings. The third-order valence-corrected chi connectivity index (χ3v) is 1.04. The van der Waals surface area contributed by atoms with Gasteiger partial charge in [-0.2, -0.15) is 5.90 Å². The molecule has 0 fully saturated rings. The maximum absolute atomic E-state index is 4.74. The minimum atomic E-state index is 0.186. The number of rotatable bonds is 1. The van der Waals surface area contributed by atoms with E-state index in [1.807, 2.05) is 19.9 Å². The van der Waals surface area contributed by atoms with Crippen LogP contribution in [0.25, 0.3) is 0 Å². The first-order valence-corrected chi connectivity index (χ1v) is 2.92. The molecular weight excluding hydrogens is 136 g/mol. The summed E-state index contributed by atoms with van der Waals surface area (Å²) in [6.45, 7) is 3.76. The molecule has 52 valence electrons. The minimum absolute atomic E-state index is 0.186. The Morgan fingerprint density at radius 2 is 2.33 bits per heavy atom. The van der Waals surface area contributed by atoms with Crippen molar-refractivity contribution in [2.75, 3.05) is 0 Å². The summed E-state index contributed by atoms with van der Waals surface area (Å²) in [6.07, 6.45) is 1.87. The number of nitrogens with two attached hydrogens (primary N) is 1. The Morgan fingerprint density at radius 3 is 2.67 bits per heavy atom. The standard InChI is InChI=1S/C5H10N2OS/c1-3-4(2)7-5(9)8-6/h3H,6H2,1-2H3,(H,7,9)/b4-3-. The quantitative estimate of drug-likeness (QED) is 0.422. The normalized spacial score (nSPS) is 10.8. The Morgan fingerprint density at radius 1 is 1.78 bits per heavy atom. The zero-order chi connectivity index (χ0) is 7.28. The summed E-state index contributed by atoms with van der Waals surface area (Å²) >= 11 is 4.60. The van der Waals surface area contributed by atoms with Crippen LogP contribution in [0.2, 0.25) is 0 Å². The van der Waals surface area contributed by atoms with Crippen LogP contribution in [0.4, 0.5) is 0 Å². The molecule has 9 heavy (non-hydrogen) atoms. The highest BCUT2D eigenvalue weighted by molar-refractivity contribution is 7.80. The second-order valence-corrected chi connectivity index (χ2v) is 1.87. The van der Waals surface area contributed by atoms with E-state index in [1.165, 1.54) is 0 Å². The second kappa shape index (κ2) is 4.29. The van der Waals surface area contributed by atoms with E-state index in [0.717, 1.165) is 5.70 Å². The van der Waals surface area contributed by atoms with Crippen molar-refractivity contribution in [3.63, 3.8) is 0 Å². The van der Waals surface area contributed by atoms with E-state index in [-0.39, 0.29) is 5.17 Å². The number of allylic oxidation sites excluding steroid dienone is 2. The van der Waals surface area contributed by atoms with Crippen LogP contribution in [0.1, 0.15) is 13.8 Å². The molecule has 0 aromatic rings. The highest BCUT2D eigenvalue weighted by atomic mass is 32.1. The molecule has 0 radical (unpaired) electrons. The maximum atomic E-state index is 4.74. The predicted octanol–water partition coefficient (Wildman–Crippen LogP) is 0.675. The molecular formula is C5H10N2OS. The zero-order valence-electron chi connectivity index (χ0n) is 5.47. The van der Waals surface area contributed by atoms with Crippen LogP contribution < -0.4 is 11.2 Å². The minimum Gasteiger partial charge on any atom is -0.381 e. The SMILES string of the molecule is C/C=C(/C)NC(=S)ON. The highest BCUT2D eigenvalue weighted by Gasteiger charge is 1.91. The predicted molar refractivity (Wildman–Crippen MR) is 40.4 cm³/mol. The molecule has 0 saturated carbocycles.